The quantitative estimate of drug-likeness (QED) is 0.772. The van der Waals surface area contributed by atoms with Gasteiger partial charge in [0, 0.05) is 6.42 Å². The van der Waals surface area contributed by atoms with Gasteiger partial charge in [-0.25, -0.2) is 4.79 Å². The molecule has 0 radical (unpaired) electrons. The van der Waals surface area contributed by atoms with Crippen molar-refractivity contribution in [1.82, 2.24) is 10.6 Å². The lowest BCUT2D eigenvalue weighted by atomic mass is 9.95. The third-order valence-electron chi connectivity index (χ3n) is 5.09. The maximum Gasteiger partial charge on any atom is 0.315 e. The highest BCUT2D eigenvalue weighted by Crippen LogP contribution is 2.34. The lowest BCUT2D eigenvalue weighted by Gasteiger charge is -2.25. The van der Waals surface area contributed by atoms with Crippen molar-refractivity contribution in [3.8, 4) is 11.5 Å². The van der Waals surface area contributed by atoms with E-state index in [4.69, 9.17) is 9.47 Å². The molecule has 0 aliphatic carbocycles. The number of amides is 2. The van der Waals surface area contributed by atoms with Crippen LogP contribution in [0, 0.1) is 12.8 Å². The number of carbonyl (C=O) groups excluding carboxylic acids is 1. The van der Waals surface area contributed by atoms with Crippen molar-refractivity contribution in [3.63, 3.8) is 0 Å². The Morgan fingerprint density at radius 1 is 0.964 bits per heavy atom. The first-order chi connectivity index (χ1) is 13.5. The van der Waals surface area contributed by atoms with E-state index in [1.807, 2.05) is 43.3 Å². The van der Waals surface area contributed by atoms with Gasteiger partial charge in [-0.2, -0.15) is 0 Å². The molecule has 1 heterocycles. The van der Waals surface area contributed by atoms with Gasteiger partial charge in [-0.15, -0.1) is 0 Å². The predicted molar refractivity (Wildman–Crippen MR) is 111 cm³/mol. The highest BCUT2D eigenvalue weighted by Gasteiger charge is 2.22. The SMILES string of the molecule is Cc1ccccc1[C@@H](C)NC(=O)N[C@@H](c1ccc2c(c1)OCCCO2)C(C)C. The van der Waals surface area contributed by atoms with Gasteiger partial charge in [-0.05, 0) is 48.6 Å². The highest BCUT2D eigenvalue weighted by molar-refractivity contribution is 5.75. The van der Waals surface area contributed by atoms with Gasteiger partial charge in [0.15, 0.2) is 11.5 Å². The minimum atomic E-state index is -0.179. The van der Waals surface area contributed by atoms with E-state index in [9.17, 15) is 4.79 Å². The molecule has 2 aromatic rings. The van der Waals surface area contributed by atoms with E-state index >= 15 is 0 Å². The van der Waals surface area contributed by atoms with Crippen molar-refractivity contribution < 1.29 is 14.3 Å². The largest absolute Gasteiger partial charge is 0.490 e. The van der Waals surface area contributed by atoms with Crippen LogP contribution in [0.3, 0.4) is 0 Å². The van der Waals surface area contributed by atoms with Crippen LogP contribution in [0.4, 0.5) is 4.79 Å². The summed E-state index contributed by atoms with van der Waals surface area (Å²) >= 11 is 0. The number of benzene rings is 2. The molecule has 2 atom stereocenters. The Morgan fingerprint density at radius 3 is 2.39 bits per heavy atom. The second-order valence-electron chi connectivity index (χ2n) is 7.67. The number of hydrogen-bond donors (Lipinski definition) is 2. The third kappa shape index (κ3) is 4.77. The van der Waals surface area contributed by atoms with Gasteiger partial charge < -0.3 is 20.1 Å². The second kappa shape index (κ2) is 9.00. The maximum atomic E-state index is 12.7. The van der Waals surface area contributed by atoms with Gasteiger partial charge >= 0.3 is 6.03 Å². The first kappa shape index (κ1) is 20.1. The average molecular weight is 383 g/mol. The van der Waals surface area contributed by atoms with E-state index in [0.717, 1.165) is 29.0 Å². The van der Waals surface area contributed by atoms with E-state index < -0.39 is 0 Å². The van der Waals surface area contributed by atoms with E-state index in [-0.39, 0.29) is 24.0 Å². The summed E-state index contributed by atoms with van der Waals surface area (Å²) in [6, 6.07) is 13.6. The molecule has 3 rings (SSSR count). The first-order valence-electron chi connectivity index (χ1n) is 9.98. The molecule has 1 aliphatic rings. The zero-order valence-corrected chi connectivity index (χ0v) is 17.1. The molecule has 28 heavy (non-hydrogen) atoms. The average Bonchev–Trinajstić information content (AvgIpc) is 2.91. The molecule has 2 aromatic carbocycles. The summed E-state index contributed by atoms with van der Waals surface area (Å²) in [5.74, 6) is 1.74. The lowest BCUT2D eigenvalue weighted by molar-refractivity contribution is 0.230. The van der Waals surface area contributed by atoms with E-state index in [2.05, 4.69) is 37.5 Å². The van der Waals surface area contributed by atoms with E-state index in [0.29, 0.717) is 13.2 Å². The van der Waals surface area contributed by atoms with Crippen molar-refractivity contribution >= 4 is 6.03 Å². The smallest absolute Gasteiger partial charge is 0.315 e. The molecule has 0 unspecified atom stereocenters. The number of rotatable bonds is 5. The van der Waals surface area contributed by atoms with Gasteiger partial charge in [0.1, 0.15) is 0 Å². The predicted octanol–water partition coefficient (Wildman–Crippen LogP) is 4.91. The zero-order chi connectivity index (χ0) is 20.1. The van der Waals surface area contributed by atoms with E-state index in [1.54, 1.807) is 0 Å². The Kier molecular flexibility index (Phi) is 6.45. The fourth-order valence-electron chi connectivity index (χ4n) is 3.54. The number of urea groups is 1. The second-order valence-corrected chi connectivity index (χ2v) is 7.67. The minimum Gasteiger partial charge on any atom is -0.490 e. The molecule has 0 spiro atoms. The fourth-order valence-corrected chi connectivity index (χ4v) is 3.54. The van der Waals surface area contributed by atoms with Crippen molar-refractivity contribution in [2.24, 2.45) is 5.92 Å². The van der Waals surface area contributed by atoms with Crippen LogP contribution in [0.15, 0.2) is 42.5 Å². The zero-order valence-electron chi connectivity index (χ0n) is 17.1. The maximum absolute atomic E-state index is 12.7. The fraction of sp³-hybridized carbons (Fsp3) is 0.435. The van der Waals surface area contributed by atoms with Gasteiger partial charge in [0.05, 0.1) is 25.3 Å². The summed E-state index contributed by atoms with van der Waals surface area (Å²) in [7, 11) is 0. The first-order valence-corrected chi connectivity index (χ1v) is 9.98. The summed E-state index contributed by atoms with van der Waals surface area (Å²) in [6.45, 7) is 9.56. The van der Waals surface area contributed by atoms with Crippen LogP contribution in [-0.2, 0) is 0 Å². The number of hydrogen-bond acceptors (Lipinski definition) is 3. The standard InChI is InChI=1S/C23H30N2O3/c1-15(2)22(18-10-11-20-21(14-18)28-13-7-12-27-20)25-23(26)24-17(4)19-9-6-5-8-16(19)3/h5-6,8-11,14-15,17,22H,7,12-13H2,1-4H3,(H2,24,25,26)/t17-,22-/m1/s1. The Morgan fingerprint density at radius 2 is 1.68 bits per heavy atom. The van der Waals surface area contributed by atoms with Crippen LogP contribution in [0.25, 0.3) is 0 Å². The van der Waals surface area contributed by atoms with Gasteiger partial charge in [-0.3, -0.25) is 0 Å². The molecule has 2 amide bonds. The van der Waals surface area contributed by atoms with E-state index in [1.165, 1.54) is 5.56 Å². The molecular formula is C23H30N2O3. The van der Waals surface area contributed by atoms with Crippen LogP contribution in [0.5, 0.6) is 11.5 Å². The minimum absolute atomic E-state index is 0.0715. The third-order valence-corrected chi connectivity index (χ3v) is 5.09. The summed E-state index contributed by atoms with van der Waals surface area (Å²) in [4.78, 5) is 12.7. The molecule has 5 heteroatoms. The van der Waals surface area contributed by atoms with Crippen molar-refractivity contribution in [2.75, 3.05) is 13.2 Å². The molecule has 150 valence electrons. The van der Waals surface area contributed by atoms with Crippen LogP contribution in [0.2, 0.25) is 0 Å². The van der Waals surface area contributed by atoms with Crippen molar-refractivity contribution in [1.29, 1.82) is 0 Å². The topological polar surface area (TPSA) is 59.6 Å². The summed E-state index contributed by atoms with van der Waals surface area (Å²) in [6.07, 6.45) is 0.870. The molecule has 0 bridgehead atoms. The van der Waals surface area contributed by atoms with Crippen LogP contribution in [0.1, 0.15) is 56.0 Å². The Hall–Kier alpha value is -2.69. The van der Waals surface area contributed by atoms with Crippen molar-refractivity contribution in [2.45, 2.75) is 46.2 Å². The summed E-state index contributed by atoms with van der Waals surface area (Å²) < 4.78 is 11.5. The number of ether oxygens (including phenoxy) is 2. The van der Waals surface area contributed by atoms with Crippen molar-refractivity contribution in [3.05, 3.63) is 59.2 Å². The van der Waals surface area contributed by atoms with Gasteiger partial charge in [-0.1, -0.05) is 44.2 Å². The molecule has 1 aliphatic heterocycles. The van der Waals surface area contributed by atoms with Gasteiger partial charge in [0.2, 0.25) is 0 Å². The van der Waals surface area contributed by atoms with Crippen LogP contribution < -0.4 is 20.1 Å². The number of fused-ring (bicyclic) bond motifs is 1. The Labute approximate surface area is 167 Å². The molecule has 5 nitrogen and oxygen atoms in total. The number of aryl methyl sites for hydroxylation is 1. The number of nitrogens with one attached hydrogen (secondary N) is 2. The molecule has 0 saturated carbocycles. The monoisotopic (exact) mass is 382 g/mol. The molecule has 0 aromatic heterocycles. The Bertz CT molecular complexity index is 819. The molecule has 0 saturated heterocycles. The van der Waals surface area contributed by atoms with Crippen LogP contribution >= 0.6 is 0 Å². The lowest BCUT2D eigenvalue weighted by Crippen LogP contribution is -2.41. The molecule has 0 fully saturated rings. The van der Waals surface area contributed by atoms with Gasteiger partial charge in [0.25, 0.3) is 0 Å². The van der Waals surface area contributed by atoms with Crippen LogP contribution in [-0.4, -0.2) is 19.2 Å². The molecule has 2 N–H and O–H groups in total. The summed E-state index contributed by atoms with van der Waals surface area (Å²) in [5.41, 5.74) is 3.30. The highest BCUT2D eigenvalue weighted by atomic mass is 16.5. The summed E-state index contributed by atoms with van der Waals surface area (Å²) in [5, 5.41) is 6.19. The molecular weight excluding hydrogens is 352 g/mol. The Balaban J connectivity index is 1.72. The number of carbonyl (C=O) groups is 1. The normalized spacial score (nSPS) is 15.5.